The molecule has 0 aliphatic carbocycles. The van der Waals surface area contributed by atoms with E-state index in [-0.39, 0.29) is 0 Å². The molecule has 7 aromatic carbocycles. The Labute approximate surface area is 292 Å². The van der Waals surface area contributed by atoms with Crippen LogP contribution in [0.15, 0.2) is 188 Å². The van der Waals surface area contributed by atoms with Crippen molar-refractivity contribution in [1.29, 1.82) is 0 Å². The summed E-state index contributed by atoms with van der Waals surface area (Å²) in [6.45, 7) is 0.734. The lowest BCUT2D eigenvalue weighted by molar-refractivity contribution is 0.958. The van der Waals surface area contributed by atoms with Gasteiger partial charge in [-0.3, -0.25) is 0 Å². The SMILES string of the molecule is C1=C(c2ccc(-c3ccccc3)cc2)NCC(n2c3ccccc3c3cc(-c4ccc(Nc5ccccc5)c(-c5ccccc5)c4)ccc32)=C1. The van der Waals surface area contributed by atoms with Crippen molar-refractivity contribution in [3.63, 3.8) is 0 Å². The Morgan fingerprint density at radius 3 is 1.76 bits per heavy atom. The number of hydrogen-bond donors (Lipinski definition) is 2. The summed E-state index contributed by atoms with van der Waals surface area (Å²) in [6, 6.07) is 62.7. The average molecular weight is 642 g/mol. The van der Waals surface area contributed by atoms with Crippen LogP contribution in [-0.4, -0.2) is 11.1 Å². The molecular formula is C47H35N3. The lowest BCUT2D eigenvalue weighted by Gasteiger charge is -2.20. The van der Waals surface area contributed by atoms with Gasteiger partial charge in [0.15, 0.2) is 0 Å². The van der Waals surface area contributed by atoms with E-state index in [0.717, 1.165) is 23.6 Å². The van der Waals surface area contributed by atoms with Gasteiger partial charge in [0, 0.05) is 39.1 Å². The summed E-state index contributed by atoms with van der Waals surface area (Å²) in [5.41, 5.74) is 15.3. The molecule has 0 bridgehead atoms. The van der Waals surface area contributed by atoms with Gasteiger partial charge in [-0.25, -0.2) is 0 Å². The van der Waals surface area contributed by atoms with Crippen molar-refractivity contribution in [2.75, 3.05) is 11.9 Å². The number of anilines is 2. The molecule has 9 rings (SSSR count). The number of fused-ring (bicyclic) bond motifs is 3. The third-order valence-corrected chi connectivity index (χ3v) is 9.66. The van der Waals surface area contributed by atoms with E-state index in [9.17, 15) is 0 Å². The van der Waals surface area contributed by atoms with Gasteiger partial charge in [-0.05, 0) is 88.0 Å². The largest absolute Gasteiger partial charge is 0.379 e. The fourth-order valence-corrected chi connectivity index (χ4v) is 7.14. The summed E-state index contributed by atoms with van der Waals surface area (Å²) in [7, 11) is 0. The Morgan fingerprint density at radius 2 is 1.02 bits per heavy atom. The maximum absolute atomic E-state index is 3.71. The van der Waals surface area contributed by atoms with Crippen molar-refractivity contribution in [3.05, 3.63) is 194 Å². The Balaban J connectivity index is 1.08. The number of aromatic nitrogens is 1. The normalized spacial score (nSPS) is 12.7. The van der Waals surface area contributed by atoms with Gasteiger partial charge >= 0.3 is 0 Å². The monoisotopic (exact) mass is 641 g/mol. The third-order valence-electron chi connectivity index (χ3n) is 9.66. The zero-order valence-electron chi connectivity index (χ0n) is 27.6. The quantitative estimate of drug-likeness (QED) is 0.181. The van der Waals surface area contributed by atoms with Crippen molar-refractivity contribution in [3.8, 4) is 33.4 Å². The van der Waals surface area contributed by atoms with Gasteiger partial charge in [-0.2, -0.15) is 0 Å². The summed E-state index contributed by atoms with van der Waals surface area (Å²) in [5, 5.41) is 9.86. The van der Waals surface area contributed by atoms with E-state index in [2.05, 4.69) is 197 Å². The number of allylic oxidation sites excluding steroid dienone is 2. The van der Waals surface area contributed by atoms with Crippen LogP contribution in [0.2, 0.25) is 0 Å². The number of rotatable bonds is 7. The second-order valence-corrected chi connectivity index (χ2v) is 12.7. The first-order chi connectivity index (χ1) is 24.8. The minimum atomic E-state index is 0.734. The highest BCUT2D eigenvalue weighted by Crippen LogP contribution is 2.38. The van der Waals surface area contributed by atoms with Crippen LogP contribution in [-0.2, 0) is 0 Å². The van der Waals surface area contributed by atoms with Gasteiger partial charge in [-0.15, -0.1) is 0 Å². The summed E-state index contributed by atoms with van der Waals surface area (Å²) in [5.74, 6) is 0. The van der Waals surface area contributed by atoms with E-state index >= 15 is 0 Å². The first kappa shape index (κ1) is 29.6. The fourth-order valence-electron chi connectivity index (χ4n) is 7.14. The molecule has 2 heterocycles. The van der Waals surface area contributed by atoms with Crippen LogP contribution in [0.25, 0.3) is 66.6 Å². The third kappa shape index (κ3) is 5.55. The van der Waals surface area contributed by atoms with Crippen LogP contribution in [0.3, 0.4) is 0 Å². The molecule has 2 N–H and O–H groups in total. The van der Waals surface area contributed by atoms with E-state index in [1.54, 1.807) is 0 Å². The van der Waals surface area contributed by atoms with Crippen molar-refractivity contribution < 1.29 is 0 Å². The summed E-state index contributed by atoms with van der Waals surface area (Å²) >= 11 is 0. The predicted octanol–water partition coefficient (Wildman–Crippen LogP) is 12.0. The van der Waals surface area contributed by atoms with Gasteiger partial charge in [0.2, 0.25) is 0 Å². The van der Waals surface area contributed by atoms with E-state index in [0.29, 0.717) is 0 Å². The summed E-state index contributed by atoms with van der Waals surface area (Å²) in [6.07, 6.45) is 4.48. The highest BCUT2D eigenvalue weighted by molar-refractivity contribution is 6.11. The second-order valence-electron chi connectivity index (χ2n) is 12.7. The van der Waals surface area contributed by atoms with Gasteiger partial charge < -0.3 is 15.2 Å². The van der Waals surface area contributed by atoms with Crippen LogP contribution in [0.4, 0.5) is 11.4 Å². The highest BCUT2D eigenvalue weighted by Gasteiger charge is 2.17. The summed E-state index contributed by atoms with van der Waals surface area (Å²) in [4.78, 5) is 0. The molecule has 3 nitrogen and oxygen atoms in total. The summed E-state index contributed by atoms with van der Waals surface area (Å²) < 4.78 is 2.41. The highest BCUT2D eigenvalue weighted by atomic mass is 15.0. The van der Waals surface area contributed by atoms with Crippen molar-refractivity contribution in [2.24, 2.45) is 0 Å². The molecule has 1 aliphatic heterocycles. The Kier molecular flexibility index (Phi) is 7.56. The fraction of sp³-hybridized carbons (Fsp3) is 0.0213. The van der Waals surface area contributed by atoms with Gasteiger partial charge in [-0.1, -0.05) is 133 Å². The average Bonchev–Trinajstić information content (AvgIpc) is 3.53. The van der Waals surface area contributed by atoms with Gasteiger partial charge in [0.25, 0.3) is 0 Å². The molecule has 0 saturated carbocycles. The zero-order chi connectivity index (χ0) is 33.3. The molecule has 0 amide bonds. The van der Waals surface area contributed by atoms with E-state index in [4.69, 9.17) is 0 Å². The van der Waals surface area contributed by atoms with Crippen molar-refractivity contribution in [1.82, 2.24) is 9.88 Å². The Hall–Kier alpha value is -6.58. The Bertz CT molecular complexity index is 2520. The molecule has 0 saturated heterocycles. The van der Waals surface area contributed by atoms with Crippen LogP contribution < -0.4 is 10.6 Å². The first-order valence-electron chi connectivity index (χ1n) is 17.1. The van der Waals surface area contributed by atoms with Crippen molar-refractivity contribution in [2.45, 2.75) is 0 Å². The molecule has 0 fully saturated rings. The van der Waals surface area contributed by atoms with Crippen LogP contribution in [0.1, 0.15) is 5.56 Å². The number of benzene rings is 7. The molecule has 1 aliphatic rings. The number of dihydropyridines is 1. The molecular weight excluding hydrogens is 607 g/mol. The smallest absolute Gasteiger partial charge is 0.0557 e. The number of hydrogen-bond acceptors (Lipinski definition) is 2. The molecule has 0 atom stereocenters. The molecule has 0 spiro atoms. The molecule has 0 radical (unpaired) electrons. The Morgan fingerprint density at radius 1 is 0.440 bits per heavy atom. The van der Waals surface area contributed by atoms with E-state index in [1.807, 2.05) is 6.07 Å². The van der Waals surface area contributed by atoms with Crippen LogP contribution in [0, 0.1) is 0 Å². The standard InChI is InChI=1S/C47H35N3/c1-4-12-33(13-5-1)34-20-22-36(23-21-34)44-28-26-40(32-48-44)50-46-19-11-10-18-41(46)43-31-38(25-29-47(43)50)37-24-27-45(49-39-16-8-3-9-17-39)42(30-37)35-14-6-2-7-15-35/h1-31,48-49H,32H2. The number of nitrogens with zero attached hydrogens (tertiary/aromatic N) is 1. The lowest BCUT2D eigenvalue weighted by atomic mass is 9.96. The van der Waals surface area contributed by atoms with Crippen LogP contribution in [0.5, 0.6) is 0 Å². The van der Waals surface area contributed by atoms with Gasteiger partial charge in [0.1, 0.15) is 0 Å². The minimum absolute atomic E-state index is 0.734. The maximum Gasteiger partial charge on any atom is 0.0557 e. The molecule has 8 aromatic rings. The number of para-hydroxylation sites is 2. The van der Waals surface area contributed by atoms with Crippen LogP contribution >= 0.6 is 0 Å². The van der Waals surface area contributed by atoms with E-state index < -0.39 is 0 Å². The topological polar surface area (TPSA) is 29.0 Å². The van der Waals surface area contributed by atoms with Crippen molar-refractivity contribution >= 4 is 44.6 Å². The lowest BCUT2D eigenvalue weighted by Crippen LogP contribution is -2.20. The van der Waals surface area contributed by atoms with Gasteiger partial charge in [0.05, 0.1) is 17.6 Å². The zero-order valence-corrected chi connectivity index (χ0v) is 27.6. The first-order valence-corrected chi connectivity index (χ1v) is 17.1. The maximum atomic E-state index is 3.71. The molecule has 238 valence electrons. The minimum Gasteiger partial charge on any atom is -0.379 e. The molecule has 1 aromatic heterocycles. The molecule has 3 heteroatoms. The molecule has 0 unspecified atom stereocenters. The van der Waals surface area contributed by atoms with E-state index in [1.165, 1.54) is 66.4 Å². The molecule has 50 heavy (non-hydrogen) atoms. The predicted molar refractivity (Wildman–Crippen MR) is 212 cm³/mol. The second kappa shape index (κ2) is 12.8. The number of nitrogens with one attached hydrogen (secondary N) is 2.